The molecule has 2 saturated heterocycles. The van der Waals surface area contributed by atoms with Crippen LogP contribution in [-0.4, -0.2) is 91.7 Å². The summed E-state index contributed by atoms with van der Waals surface area (Å²) in [6.07, 6.45) is 5.47. The number of fused-ring (bicyclic) bond motifs is 2. The quantitative estimate of drug-likeness (QED) is 0.157. The molecule has 0 radical (unpaired) electrons. The first kappa shape index (κ1) is 41.2. The highest BCUT2D eigenvalue weighted by Crippen LogP contribution is 2.41. The van der Waals surface area contributed by atoms with E-state index >= 15 is 0 Å². The zero-order valence-electron chi connectivity index (χ0n) is 33.6. The molecule has 0 bridgehead atoms. The van der Waals surface area contributed by atoms with Crippen molar-refractivity contribution in [2.45, 2.75) is 13.8 Å². The number of halogens is 3. The number of ether oxygens (including phenoxy) is 4. The molecule has 1 N–H and O–H groups in total. The maximum Gasteiger partial charge on any atom is 0.152 e. The lowest BCUT2D eigenvalue weighted by atomic mass is 10.0. The summed E-state index contributed by atoms with van der Waals surface area (Å²) in [5.74, 6) is 2.03. The summed E-state index contributed by atoms with van der Waals surface area (Å²) in [7, 11) is 3.18. The van der Waals surface area contributed by atoms with Crippen LogP contribution in [0.2, 0.25) is 15.1 Å². The van der Waals surface area contributed by atoms with Crippen molar-refractivity contribution in [1.29, 1.82) is 0 Å². The molecule has 15 heteroatoms. The molecule has 308 valence electrons. The molecule has 5 aromatic heterocycles. The number of nitrogens with zero attached hydrogens (tertiary/aromatic N) is 7. The van der Waals surface area contributed by atoms with E-state index in [1.807, 2.05) is 61.7 Å². The number of morpholine rings is 2. The number of nitrogens with one attached hydrogen (secondary N) is 1. The number of hydrogen-bond acceptors (Lipinski definition) is 12. The van der Waals surface area contributed by atoms with Crippen molar-refractivity contribution in [3.63, 3.8) is 0 Å². The largest absolute Gasteiger partial charge is 0.495 e. The van der Waals surface area contributed by atoms with Crippen molar-refractivity contribution in [2.24, 2.45) is 0 Å². The molecule has 9 rings (SSSR count). The summed E-state index contributed by atoms with van der Waals surface area (Å²) in [5.41, 5.74) is 9.33. The van der Waals surface area contributed by atoms with E-state index in [1.54, 1.807) is 38.7 Å². The lowest BCUT2D eigenvalue weighted by Gasteiger charge is -2.32. The van der Waals surface area contributed by atoms with Crippen LogP contribution in [0, 0.1) is 13.8 Å². The van der Waals surface area contributed by atoms with Gasteiger partial charge in [0.1, 0.15) is 11.5 Å². The third-order valence-electron chi connectivity index (χ3n) is 10.5. The van der Waals surface area contributed by atoms with E-state index in [0.717, 1.165) is 105 Å². The van der Waals surface area contributed by atoms with Crippen molar-refractivity contribution in [2.75, 3.05) is 81.9 Å². The van der Waals surface area contributed by atoms with Gasteiger partial charge in [-0.3, -0.25) is 9.97 Å². The summed E-state index contributed by atoms with van der Waals surface area (Å²) < 4.78 is 22.0. The minimum absolute atomic E-state index is 0.513. The summed E-state index contributed by atoms with van der Waals surface area (Å²) in [5, 5.41) is 7.13. The van der Waals surface area contributed by atoms with E-state index in [-0.39, 0.29) is 0 Å². The van der Waals surface area contributed by atoms with Crippen LogP contribution < -0.4 is 24.6 Å². The van der Waals surface area contributed by atoms with Gasteiger partial charge in [0, 0.05) is 67.0 Å². The Labute approximate surface area is 363 Å². The van der Waals surface area contributed by atoms with Gasteiger partial charge in [-0.1, -0.05) is 46.9 Å². The maximum absolute atomic E-state index is 6.62. The average molecular weight is 866 g/mol. The van der Waals surface area contributed by atoms with Gasteiger partial charge in [0.25, 0.3) is 0 Å². The first-order chi connectivity index (χ1) is 29.2. The molecular weight excluding hydrogens is 823 g/mol. The average Bonchev–Trinajstić information content (AvgIpc) is 3.29. The monoisotopic (exact) mass is 864 g/mol. The Kier molecular flexibility index (Phi) is 12.7. The standard InChI is InChI=1S/C29H31ClN6O3.C16H12Cl2N2O/c1-19-27(21-16-22(30)26(37-2)17-24(21)33-28(19)23-5-3-4-6-31-23)34-25-15-20(35-7-11-38-12-8-35)18-32-29(25)36-9-13-39-14-10-36;1-9-15(18)10-7-11(17)14(21-2)8-13(10)20-16(9)12-5-3-4-6-19-12/h3-6,15-18H,7-14H2,1-2H3,(H,33,34);3-8H,1-2H3. The Morgan fingerprint density at radius 3 is 1.72 bits per heavy atom. The van der Waals surface area contributed by atoms with E-state index in [2.05, 4.69) is 43.1 Å². The Morgan fingerprint density at radius 1 is 0.633 bits per heavy atom. The van der Waals surface area contributed by atoms with Crippen molar-refractivity contribution in [3.05, 3.63) is 112 Å². The molecule has 0 aliphatic carbocycles. The molecule has 2 aliphatic heterocycles. The highest BCUT2D eigenvalue weighted by atomic mass is 35.5. The second kappa shape index (κ2) is 18.4. The Balaban J connectivity index is 0.000000200. The van der Waals surface area contributed by atoms with Gasteiger partial charge >= 0.3 is 0 Å². The summed E-state index contributed by atoms with van der Waals surface area (Å²) >= 11 is 19.3. The minimum atomic E-state index is 0.513. The molecule has 7 heterocycles. The molecule has 2 aromatic carbocycles. The number of rotatable bonds is 8. The summed E-state index contributed by atoms with van der Waals surface area (Å²) in [6.45, 7) is 9.94. The first-order valence-electron chi connectivity index (χ1n) is 19.5. The fourth-order valence-corrected chi connectivity index (χ4v) is 8.08. The molecule has 0 unspecified atom stereocenters. The van der Waals surface area contributed by atoms with Gasteiger partial charge in [-0.25, -0.2) is 15.0 Å². The van der Waals surface area contributed by atoms with Gasteiger partial charge < -0.3 is 34.1 Å². The van der Waals surface area contributed by atoms with Crippen LogP contribution in [0.1, 0.15) is 11.1 Å². The second-order valence-electron chi connectivity index (χ2n) is 14.2. The van der Waals surface area contributed by atoms with Gasteiger partial charge in [-0.15, -0.1) is 0 Å². The summed E-state index contributed by atoms with van der Waals surface area (Å²) in [4.78, 5) is 28.1. The molecular formula is C45H43Cl3N8O4. The van der Waals surface area contributed by atoms with Crippen LogP contribution in [-0.2, 0) is 9.47 Å². The van der Waals surface area contributed by atoms with Crippen LogP contribution in [0.4, 0.5) is 22.9 Å². The lowest BCUT2D eigenvalue weighted by molar-refractivity contribution is 0.122. The van der Waals surface area contributed by atoms with Crippen LogP contribution in [0.3, 0.4) is 0 Å². The molecule has 0 spiro atoms. The fourth-order valence-electron chi connectivity index (χ4n) is 7.35. The molecule has 0 atom stereocenters. The number of hydrogen-bond donors (Lipinski definition) is 1. The van der Waals surface area contributed by atoms with Crippen molar-refractivity contribution < 1.29 is 18.9 Å². The zero-order chi connectivity index (χ0) is 41.8. The van der Waals surface area contributed by atoms with Crippen LogP contribution in [0.5, 0.6) is 11.5 Å². The van der Waals surface area contributed by atoms with E-state index in [0.29, 0.717) is 53.0 Å². The zero-order valence-corrected chi connectivity index (χ0v) is 35.9. The number of anilines is 4. The molecule has 7 aromatic rings. The van der Waals surface area contributed by atoms with Crippen LogP contribution >= 0.6 is 34.8 Å². The molecule has 0 saturated carbocycles. The molecule has 2 fully saturated rings. The number of pyridine rings is 5. The summed E-state index contributed by atoms with van der Waals surface area (Å²) in [6, 6.07) is 21.1. The van der Waals surface area contributed by atoms with E-state index < -0.39 is 0 Å². The lowest BCUT2D eigenvalue weighted by Crippen LogP contribution is -2.38. The van der Waals surface area contributed by atoms with Crippen LogP contribution in [0.15, 0.2) is 85.3 Å². The fraction of sp³-hybridized carbons (Fsp3) is 0.267. The van der Waals surface area contributed by atoms with E-state index in [1.165, 1.54) is 0 Å². The third kappa shape index (κ3) is 8.57. The Bertz CT molecular complexity index is 2650. The topological polar surface area (TPSA) is 120 Å². The Morgan fingerprint density at radius 2 is 1.17 bits per heavy atom. The minimum Gasteiger partial charge on any atom is -0.495 e. The molecule has 60 heavy (non-hydrogen) atoms. The number of aromatic nitrogens is 5. The van der Waals surface area contributed by atoms with Crippen molar-refractivity contribution >= 4 is 79.5 Å². The van der Waals surface area contributed by atoms with Gasteiger partial charge in [0.15, 0.2) is 5.82 Å². The molecule has 2 aliphatic rings. The predicted molar refractivity (Wildman–Crippen MR) is 241 cm³/mol. The third-order valence-corrected chi connectivity index (χ3v) is 11.6. The first-order valence-corrected chi connectivity index (χ1v) is 20.6. The van der Waals surface area contributed by atoms with Crippen LogP contribution in [0.25, 0.3) is 44.6 Å². The Hall–Kier alpha value is -5.50. The normalized spacial score (nSPS) is 14.2. The van der Waals surface area contributed by atoms with E-state index in [4.69, 9.17) is 63.7 Å². The SMILES string of the molecule is COc1cc2nc(-c3ccccn3)c(C)c(Cl)c2cc1Cl.COc1cc2nc(-c3ccccn3)c(C)c(Nc3cc(N4CCOCC4)cnc3N3CCOCC3)c2cc1Cl. The highest BCUT2D eigenvalue weighted by Gasteiger charge is 2.23. The van der Waals surface area contributed by atoms with Gasteiger partial charge in [-0.2, -0.15) is 0 Å². The number of methoxy groups -OCH3 is 2. The maximum atomic E-state index is 6.62. The number of benzene rings is 2. The highest BCUT2D eigenvalue weighted by molar-refractivity contribution is 6.38. The molecule has 0 amide bonds. The van der Waals surface area contributed by atoms with Crippen molar-refractivity contribution in [3.8, 4) is 34.3 Å². The smallest absolute Gasteiger partial charge is 0.152 e. The van der Waals surface area contributed by atoms with Gasteiger partial charge in [-0.05, 0) is 61.9 Å². The van der Waals surface area contributed by atoms with Crippen molar-refractivity contribution in [1.82, 2.24) is 24.9 Å². The van der Waals surface area contributed by atoms with Gasteiger partial charge in [0.2, 0.25) is 0 Å². The van der Waals surface area contributed by atoms with E-state index in [9.17, 15) is 0 Å². The second-order valence-corrected chi connectivity index (χ2v) is 15.4. The predicted octanol–water partition coefficient (Wildman–Crippen LogP) is 10.00. The molecule has 12 nitrogen and oxygen atoms in total. The van der Waals surface area contributed by atoms with Gasteiger partial charge in [0.05, 0.1) is 113 Å².